The number of nitrogens with one attached hydrogen (secondary N) is 1. The maximum absolute atomic E-state index is 13.3. The average Bonchev–Trinajstić information content (AvgIpc) is 2.57. The summed E-state index contributed by atoms with van der Waals surface area (Å²) in [6.07, 6.45) is 1.76. The Bertz CT molecular complexity index is 756. The summed E-state index contributed by atoms with van der Waals surface area (Å²) in [5.41, 5.74) is 6.67. The molecule has 0 spiro atoms. The quantitative estimate of drug-likeness (QED) is 0.837. The van der Waals surface area contributed by atoms with Crippen molar-refractivity contribution in [2.45, 2.75) is 26.1 Å². The first-order valence-electron chi connectivity index (χ1n) is 8.15. The van der Waals surface area contributed by atoms with Crippen LogP contribution in [0.4, 0.5) is 21.6 Å². The molecule has 0 saturated carbocycles. The number of pyridine rings is 1. The molecule has 2 unspecified atom stereocenters. The number of morpholine rings is 1. The Morgan fingerprint density at radius 3 is 2.64 bits per heavy atom. The van der Waals surface area contributed by atoms with Gasteiger partial charge in [0.15, 0.2) is 0 Å². The van der Waals surface area contributed by atoms with E-state index in [0.29, 0.717) is 11.3 Å². The molecule has 0 bridgehead atoms. The van der Waals surface area contributed by atoms with Crippen LogP contribution in [0.2, 0.25) is 0 Å². The van der Waals surface area contributed by atoms with Gasteiger partial charge in [-0.3, -0.25) is 4.79 Å². The molecule has 2 atom stereocenters. The molecule has 3 rings (SSSR count). The van der Waals surface area contributed by atoms with Crippen molar-refractivity contribution in [1.29, 1.82) is 0 Å². The van der Waals surface area contributed by atoms with Crippen LogP contribution in [-0.4, -0.2) is 36.2 Å². The summed E-state index contributed by atoms with van der Waals surface area (Å²) in [5.74, 6) is -0.0580. The van der Waals surface area contributed by atoms with E-state index < -0.39 is 5.82 Å². The minimum atomic E-state index is -0.464. The molecular formula is C18H21FN4O2. The van der Waals surface area contributed by atoms with Crippen LogP contribution in [-0.2, 0) is 4.74 Å². The number of nitrogen functional groups attached to an aromatic ring is 1. The fourth-order valence-electron chi connectivity index (χ4n) is 2.90. The molecule has 2 aromatic rings. The van der Waals surface area contributed by atoms with E-state index in [1.165, 1.54) is 24.4 Å². The maximum atomic E-state index is 13.3. The Morgan fingerprint density at radius 1 is 1.28 bits per heavy atom. The molecule has 1 aromatic carbocycles. The van der Waals surface area contributed by atoms with Gasteiger partial charge in [-0.05, 0) is 44.2 Å². The fourth-order valence-corrected chi connectivity index (χ4v) is 2.90. The van der Waals surface area contributed by atoms with Gasteiger partial charge in [0.2, 0.25) is 0 Å². The van der Waals surface area contributed by atoms with Gasteiger partial charge in [-0.15, -0.1) is 0 Å². The number of rotatable bonds is 3. The summed E-state index contributed by atoms with van der Waals surface area (Å²) >= 11 is 0. The molecule has 1 saturated heterocycles. The zero-order valence-corrected chi connectivity index (χ0v) is 14.2. The van der Waals surface area contributed by atoms with Crippen LogP contribution in [0, 0.1) is 5.82 Å². The third-order valence-corrected chi connectivity index (χ3v) is 4.02. The molecule has 1 amide bonds. The van der Waals surface area contributed by atoms with Crippen LogP contribution in [0.3, 0.4) is 0 Å². The molecule has 1 fully saturated rings. The first-order chi connectivity index (χ1) is 11.9. The molecule has 25 heavy (non-hydrogen) atoms. The van der Waals surface area contributed by atoms with Crippen molar-refractivity contribution < 1.29 is 13.9 Å². The Morgan fingerprint density at radius 2 is 2.00 bits per heavy atom. The number of ether oxygens (including phenoxy) is 1. The SMILES string of the molecule is CC1CN(c2ccc(C(=O)Nc3cc(F)ccc3N)cn2)CC(C)O1. The van der Waals surface area contributed by atoms with Gasteiger partial charge < -0.3 is 20.7 Å². The van der Waals surface area contributed by atoms with Crippen LogP contribution < -0.4 is 16.0 Å². The van der Waals surface area contributed by atoms with Crippen LogP contribution in [0.15, 0.2) is 36.5 Å². The summed E-state index contributed by atoms with van der Waals surface area (Å²) in [7, 11) is 0. The summed E-state index contributed by atoms with van der Waals surface area (Å²) in [6.45, 7) is 5.55. The molecule has 1 aromatic heterocycles. The average molecular weight is 344 g/mol. The molecule has 7 heteroatoms. The number of anilines is 3. The lowest BCUT2D eigenvalue weighted by atomic mass is 10.2. The molecule has 6 nitrogen and oxygen atoms in total. The van der Waals surface area contributed by atoms with Gasteiger partial charge in [0.05, 0.1) is 29.1 Å². The zero-order chi connectivity index (χ0) is 18.0. The number of nitrogens with two attached hydrogens (primary N) is 1. The number of hydrogen-bond acceptors (Lipinski definition) is 5. The van der Waals surface area contributed by atoms with Crippen molar-refractivity contribution in [2.24, 2.45) is 0 Å². The minimum Gasteiger partial charge on any atom is -0.397 e. The van der Waals surface area contributed by atoms with Crippen molar-refractivity contribution in [1.82, 2.24) is 4.98 Å². The van der Waals surface area contributed by atoms with Gasteiger partial charge in [0.25, 0.3) is 5.91 Å². The highest BCUT2D eigenvalue weighted by atomic mass is 19.1. The lowest BCUT2D eigenvalue weighted by Crippen LogP contribution is -2.45. The Kier molecular flexibility index (Phi) is 4.85. The molecule has 1 aliphatic rings. The lowest BCUT2D eigenvalue weighted by Gasteiger charge is -2.36. The minimum absolute atomic E-state index is 0.129. The highest BCUT2D eigenvalue weighted by molar-refractivity contribution is 6.05. The fraction of sp³-hybridized carbons (Fsp3) is 0.333. The second kappa shape index (κ2) is 7.06. The smallest absolute Gasteiger partial charge is 0.257 e. The topological polar surface area (TPSA) is 80.5 Å². The third-order valence-electron chi connectivity index (χ3n) is 4.02. The van der Waals surface area contributed by atoms with Crippen LogP contribution >= 0.6 is 0 Å². The number of hydrogen-bond donors (Lipinski definition) is 2. The number of carbonyl (C=O) groups is 1. The molecular weight excluding hydrogens is 323 g/mol. The highest BCUT2D eigenvalue weighted by Gasteiger charge is 2.23. The number of amides is 1. The summed E-state index contributed by atoms with van der Waals surface area (Å²) in [6, 6.07) is 7.33. The van der Waals surface area contributed by atoms with Gasteiger partial charge in [-0.2, -0.15) is 0 Å². The van der Waals surface area contributed by atoms with E-state index in [1.807, 2.05) is 13.8 Å². The summed E-state index contributed by atoms with van der Waals surface area (Å²) in [5, 5.41) is 2.60. The van der Waals surface area contributed by atoms with Gasteiger partial charge in [0, 0.05) is 19.3 Å². The van der Waals surface area contributed by atoms with Crippen LogP contribution in [0.25, 0.3) is 0 Å². The molecule has 132 valence electrons. The molecule has 1 aliphatic heterocycles. The Labute approximate surface area is 145 Å². The maximum Gasteiger partial charge on any atom is 0.257 e. The first-order valence-corrected chi connectivity index (χ1v) is 8.15. The van der Waals surface area contributed by atoms with Gasteiger partial charge in [0.1, 0.15) is 11.6 Å². The molecule has 0 radical (unpaired) electrons. The largest absolute Gasteiger partial charge is 0.397 e. The Balaban J connectivity index is 1.71. The van der Waals surface area contributed by atoms with Gasteiger partial charge >= 0.3 is 0 Å². The number of benzene rings is 1. The molecule has 0 aliphatic carbocycles. The normalized spacial score (nSPS) is 20.4. The van der Waals surface area contributed by atoms with E-state index in [0.717, 1.165) is 18.9 Å². The van der Waals surface area contributed by atoms with Crippen molar-refractivity contribution in [2.75, 3.05) is 29.0 Å². The number of halogens is 1. The van der Waals surface area contributed by atoms with E-state index in [9.17, 15) is 9.18 Å². The van der Waals surface area contributed by atoms with E-state index in [1.54, 1.807) is 12.1 Å². The van der Waals surface area contributed by atoms with Crippen molar-refractivity contribution in [3.8, 4) is 0 Å². The predicted octanol–water partition coefficient (Wildman–Crippen LogP) is 2.67. The monoisotopic (exact) mass is 344 g/mol. The predicted molar refractivity (Wildman–Crippen MR) is 95.2 cm³/mol. The lowest BCUT2D eigenvalue weighted by molar-refractivity contribution is -0.00546. The van der Waals surface area contributed by atoms with Crippen molar-refractivity contribution in [3.63, 3.8) is 0 Å². The second-order valence-electron chi connectivity index (χ2n) is 6.25. The summed E-state index contributed by atoms with van der Waals surface area (Å²) in [4.78, 5) is 18.8. The van der Waals surface area contributed by atoms with E-state index in [4.69, 9.17) is 10.5 Å². The highest BCUT2D eigenvalue weighted by Crippen LogP contribution is 2.21. The van der Waals surface area contributed by atoms with E-state index >= 15 is 0 Å². The van der Waals surface area contributed by atoms with Crippen molar-refractivity contribution in [3.05, 3.63) is 47.9 Å². The molecule has 3 N–H and O–H groups in total. The van der Waals surface area contributed by atoms with Gasteiger partial charge in [-0.25, -0.2) is 9.37 Å². The van der Waals surface area contributed by atoms with Crippen LogP contribution in [0.1, 0.15) is 24.2 Å². The van der Waals surface area contributed by atoms with Gasteiger partial charge in [-0.1, -0.05) is 0 Å². The number of aromatic nitrogens is 1. The molecule has 2 heterocycles. The van der Waals surface area contributed by atoms with E-state index in [-0.39, 0.29) is 23.8 Å². The number of nitrogens with zero attached hydrogens (tertiary/aromatic N) is 2. The standard InChI is InChI=1S/C18H21FN4O2/c1-11-9-23(10-12(2)25-11)17-6-3-13(8-21-17)18(24)22-16-7-14(19)4-5-15(16)20/h3-8,11-12H,9-10,20H2,1-2H3,(H,22,24). The second-order valence-corrected chi connectivity index (χ2v) is 6.25. The zero-order valence-electron chi connectivity index (χ0n) is 14.2. The van der Waals surface area contributed by atoms with Crippen molar-refractivity contribution >= 4 is 23.1 Å². The third kappa shape index (κ3) is 4.06. The number of carbonyl (C=O) groups excluding carboxylic acids is 1. The summed E-state index contributed by atoms with van der Waals surface area (Å²) < 4.78 is 19.0. The van der Waals surface area contributed by atoms with E-state index in [2.05, 4.69) is 15.2 Å². The first kappa shape index (κ1) is 17.2. The van der Waals surface area contributed by atoms with Crippen LogP contribution in [0.5, 0.6) is 0 Å². The Hall–Kier alpha value is -2.67.